The van der Waals surface area contributed by atoms with Crippen LogP contribution in [0.4, 0.5) is 0 Å². The molecule has 0 amide bonds. The number of halogens is 1. The zero-order valence-corrected chi connectivity index (χ0v) is 16.3. The van der Waals surface area contributed by atoms with Crippen molar-refractivity contribution in [2.75, 3.05) is 0 Å². The van der Waals surface area contributed by atoms with E-state index < -0.39 is 5.72 Å². The van der Waals surface area contributed by atoms with Crippen molar-refractivity contribution in [2.45, 2.75) is 32.0 Å². The van der Waals surface area contributed by atoms with Crippen LogP contribution >= 0.6 is 15.9 Å². The van der Waals surface area contributed by atoms with Gasteiger partial charge in [0.05, 0.1) is 11.8 Å². The lowest BCUT2D eigenvalue weighted by molar-refractivity contribution is -0.0911. The highest BCUT2D eigenvalue weighted by atomic mass is 79.9. The van der Waals surface area contributed by atoms with Gasteiger partial charge in [0.1, 0.15) is 5.75 Å². The van der Waals surface area contributed by atoms with Crippen molar-refractivity contribution in [3.63, 3.8) is 0 Å². The Morgan fingerprint density at radius 3 is 2.77 bits per heavy atom. The fourth-order valence-corrected chi connectivity index (χ4v) is 4.46. The van der Waals surface area contributed by atoms with Gasteiger partial charge in [-0.05, 0) is 42.8 Å². The van der Waals surface area contributed by atoms with Crippen LogP contribution < -0.4 is 4.74 Å². The maximum absolute atomic E-state index is 6.26. The minimum atomic E-state index is -0.474. The standard InChI is InChI=1S/C22H19BrN2O/c1-22(2)25-20(18-12-15(23)10-11-21(18)26-22)13-19(24-25)17-9-5-7-14-6-3-4-8-16(14)17/h3-12,20H,13H2,1-2H3/t20-/m0/s1. The first kappa shape index (κ1) is 15.9. The molecule has 0 unspecified atom stereocenters. The van der Waals surface area contributed by atoms with Gasteiger partial charge in [0.2, 0.25) is 0 Å². The Kier molecular flexibility index (Phi) is 3.41. The third-order valence-corrected chi connectivity index (χ3v) is 5.75. The molecule has 26 heavy (non-hydrogen) atoms. The third kappa shape index (κ3) is 2.36. The van der Waals surface area contributed by atoms with Crippen LogP contribution in [0.15, 0.2) is 70.2 Å². The van der Waals surface area contributed by atoms with Crippen molar-refractivity contribution in [3.8, 4) is 5.75 Å². The van der Waals surface area contributed by atoms with Crippen LogP contribution in [0.1, 0.15) is 37.4 Å². The van der Waals surface area contributed by atoms with E-state index in [2.05, 4.69) is 89.4 Å². The number of hydrazone groups is 1. The minimum absolute atomic E-state index is 0.195. The average molecular weight is 407 g/mol. The van der Waals surface area contributed by atoms with E-state index in [1.54, 1.807) is 0 Å². The number of benzene rings is 3. The average Bonchev–Trinajstić information content (AvgIpc) is 3.09. The topological polar surface area (TPSA) is 24.8 Å². The van der Waals surface area contributed by atoms with E-state index in [1.165, 1.54) is 21.9 Å². The van der Waals surface area contributed by atoms with Crippen LogP contribution in [-0.2, 0) is 0 Å². The van der Waals surface area contributed by atoms with E-state index in [0.29, 0.717) is 0 Å². The number of nitrogens with zero attached hydrogens (tertiary/aromatic N) is 2. The van der Waals surface area contributed by atoms with Gasteiger partial charge in [0.15, 0.2) is 5.72 Å². The lowest BCUT2D eigenvalue weighted by Crippen LogP contribution is -2.48. The second-order valence-electron chi connectivity index (χ2n) is 7.37. The fraction of sp³-hybridized carbons (Fsp3) is 0.227. The van der Waals surface area contributed by atoms with E-state index in [0.717, 1.165) is 22.4 Å². The predicted molar refractivity (Wildman–Crippen MR) is 109 cm³/mol. The molecule has 1 atom stereocenters. The lowest BCUT2D eigenvalue weighted by Gasteiger charge is -2.43. The molecule has 130 valence electrons. The van der Waals surface area contributed by atoms with E-state index in [1.807, 2.05) is 6.07 Å². The Balaban J connectivity index is 1.64. The summed E-state index contributed by atoms with van der Waals surface area (Å²) in [6.45, 7) is 4.17. The van der Waals surface area contributed by atoms with Crippen LogP contribution in [0.5, 0.6) is 5.75 Å². The highest BCUT2D eigenvalue weighted by molar-refractivity contribution is 9.10. The monoisotopic (exact) mass is 406 g/mol. The van der Waals surface area contributed by atoms with Gasteiger partial charge in [0.25, 0.3) is 0 Å². The molecule has 0 fully saturated rings. The van der Waals surface area contributed by atoms with Crippen LogP contribution in [-0.4, -0.2) is 16.4 Å². The Hall–Kier alpha value is -2.33. The highest BCUT2D eigenvalue weighted by Crippen LogP contribution is 2.47. The summed E-state index contributed by atoms with van der Waals surface area (Å²) in [5.74, 6) is 0.953. The van der Waals surface area contributed by atoms with Crippen molar-refractivity contribution in [2.24, 2.45) is 5.10 Å². The van der Waals surface area contributed by atoms with E-state index in [9.17, 15) is 0 Å². The van der Waals surface area contributed by atoms with Gasteiger partial charge in [-0.2, -0.15) is 5.10 Å². The van der Waals surface area contributed by atoms with Gasteiger partial charge in [-0.1, -0.05) is 58.4 Å². The molecule has 4 heteroatoms. The predicted octanol–water partition coefficient (Wildman–Crippen LogP) is 5.88. The molecule has 2 aliphatic heterocycles. The Labute approximate surface area is 161 Å². The third-order valence-electron chi connectivity index (χ3n) is 5.25. The molecule has 3 aromatic carbocycles. The van der Waals surface area contributed by atoms with E-state index in [4.69, 9.17) is 9.84 Å². The van der Waals surface area contributed by atoms with Gasteiger partial charge in [0, 0.05) is 22.0 Å². The molecule has 2 heterocycles. The van der Waals surface area contributed by atoms with Gasteiger partial charge < -0.3 is 4.74 Å². The van der Waals surface area contributed by atoms with Crippen molar-refractivity contribution < 1.29 is 4.74 Å². The summed E-state index contributed by atoms with van der Waals surface area (Å²) in [4.78, 5) is 0. The summed E-state index contributed by atoms with van der Waals surface area (Å²) in [6, 6.07) is 21.4. The molecule has 3 nitrogen and oxygen atoms in total. The molecule has 0 radical (unpaired) electrons. The molecular formula is C22H19BrN2O. The number of hydrogen-bond acceptors (Lipinski definition) is 3. The second kappa shape index (κ2) is 5.58. The summed E-state index contributed by atoms with van der Waals surface area (Å²) in [6.07, 6.45) is 0.879. The van der Waals surface area contributed by atoms with E-state index >= 15 is 0 Å². The molecule has 0 saturated carbocycles. The molecule has 2 aliphatic rings. The fourth-order valence-electron chi connectivity index (χ4n) is 4.08. The Bertz CT molecular complexity index is 1050. The first-order valence-corrected chi connectivity index (χ1v) is 9.66. The molecule has 3 aromatic rings. The van der Waals surface area contributed by atoms with Crippen LogP contribution in [0.2, 0.25) is 0 Å². The number of fused-ring (bicyclic) bond motifs is 4. The van der Waals surface area contributed by atoms with Crippen molar-refractivity contribution in [3.05, 3.63) is 76.3 Å². The van der Waals surface area contributed by atoms with Gasteiger partial charge >= 0.3 is 0 Å². The Morgan fingerprint density at radius 1 is 1.08 bits per heavy atom. The van der Waals surface area contributed by atoms with E-state index in [-0.39, 0.29) is 6.04 Å². The summed E-state index contributed by atoms with van der Waals surface area (Å²) >= 11 is 3.60. The molecule has 0 aromatic heterocycles. The number of ether oxygens (including phenoxy) is 1. The minimum Gasteiger partial charge on any atom is -0.467 e. The summed E-state index contributed by atoms with van der Waals surface area (Å²) in [7, 11) is 0. The zero-order valence-electron chi connectivity index (χ0n) is 14.7. The van der Waals surface area contributed by atoms with Crippen LogP contribution in [0.25, 0.3) is 10.8 Å². The number of hydrogen-bond donors (Lipinski definition) is 0. The maximum atomic E-state index is 6.26. The summed E-state index contributed by atoms with van der Waals surface area (Å²) in [5.41, 5.74) is 3.05. The molecule has 0 bridgehead atoms. The molecule has 0 aliphatic carbocycles. The molecule has 0 saturated heterocycles. The SMILES string of the molecule is CC1(C)Oc2ccc(Br)cc2[C@@H]2CC(c3cccc4ccccc34)=NN21. The molecule has 0 spiro atoms. The first-order chi connectivity index (χ1) is 12.5. The first-order valence-electron chi connectivity index (χ1n) is 8.86. The van der Waals surface area contributed by atoms with Gasteiger partial charge in [-0.3, -0.25) is 0 Å². The summed E-state index contributed by atoms with van der Waals surface area (Å²) in [5, 5.41) is 9.64. The quantitative estimate of drug-likeness (QED) is 0.503. The highest BCUT2D eigenvalue weighted by Gasteiger charge is 2.45. The van der Waals surface area contributed by atoms with Crippen molar-refractivity contribution in [1.29, 1.82) is 0 Å². The van der Waals surface area contributed by atoms with Crippen molar-refractivity contribution in [1.82, 2.24) is 5.01 Å². The van der Waals surface area contributed by atoms with Crippen molar-refractivity contribution >= 4 is 32.4 Å². The van der Waals surface area contributed by atoms with Crippen LogP contribution in [0, 0.1) is 0 Å². The number of rotatable bonds is 1. The normalized spacial score (nSPS) is 20.3. The van der Waals surface area contributed by atoms with Gasteiger partial charge in [-0.25, -0.2) is 5.01 Å². The zero-order chi connectivity index (χ0) is 17.9. The van der Waals surface area contributed by atoms with Gasteiger partial charge in [-0.15, -0.1) is 0 Å². The largest absolute Gasteiger partial charge is 0.467 e. The van der Waals surface area contributed by atoms with Crippen LogP contribution in [0.3, 0.4) is 0 Å². The lowest BCUT2D eigenvalue weighted by atomic mass is 9.93. The molecular weight excluding hydrogens is 388 g/mol. The maximum Gasteiger partial charge on any atom is 0.192 e. The molecule has 0 N–H and O–H groups in total. The smallest absolute Gasteiger partial charge is 0.192 e. The molecule has 5 rings (SSSR count). The Morgan fingerprint density at radius 2 is 1.88 bits per heavy atom. The second-order valence-corrected chi connectivity index (χ2v) is 8.28. The summed E-state index contributed by atoms with van der Waals surface area (Å²) < 4.78 is 7.33.